The Bertz CT molecular complexity index is 482. The van der Waals surface area contributed by atoms with Crippen molar-refractivity contribution in [2.75, 3.05) is 0 Å². The summed E-state index contributed by atoms with van der Waals surface area (Å²) < 4.78 is 0. The lowest BCUT2D eigenvalue weighted by Crippen LogP contribution is -2.10. The maximum Gasteiger partial charge on any atom is 0.343 e. The van der Waals surface area contributed by atoms with Crippen LogP contribution in [-0.2, 0) is 9.59 Å². The van der Waals surface area contributed by atoms with E-state index in [0.29, 0.717) is 6.42 Å². The van der Waals surface area contributed by atoms with E-state index in [4.69, 9.17) is 10.2 Å². The summed E-state index contributed by atoms with van der Waals surface area (Å²) in [5.41, 5.74) is 1.19. The van der Waals surface area contributed by atoms with Crippen LogP contribution >= 0.6 is 0 Å². The van der Waals surface area contributed by atoms with Gasteiger partial charge in [0.25, 0.3) is 0 Å². The molecule has 0 aliphatic carbocycles. The van der Waals surface area contributed by atoms with E-state index < -0.39 is 17.5 Å². The summed E-state index contributed by atoms with van der Waals surface area (Å²) in [6.07, 6.45) is 3.34. The average Bonchev–Trinajstić information content (AvgIpc) is 2.34. The molecule has 0 aliphatic heterocycles. The number of benzene rings is 1. The van der Waals surface area contributed by atoms with Crippen LogP contribution in [0.1, 0.15) is 18.9 Å². The number of allylic oxidation sites excluding steroid dienone is 3. The van der Waals surface area contributed by atoms with Gasteiger partial charge in [0.05, 0.1) is 0 Å². The predicted molar refractivity (Wildman–Crippen MR) is 68.1 cm³/mol. The van der Waals surface area contributed by atoms with E-state index in [1.54, 1.807) is 0 Å². The van der Waals surface area contributed by atoms with Gasteiger partial charge in [-0.3, -0.25) is 0 Å². The summed E-state index contributed by atoms with van der Waals surface area (Å²) in [4.78, 5) is 21.4. The van der Waals surface area contributed by atoms with E-state index in [-0.39, 0.29) is 0 Å². The van der Waals surface area contributed by atoms with Crippen LogP contribution in [0.25, 0.3) is 5.57 Å². The third-order valence-electron chi connectivity index (χ3n) is 2.44. The van der Waals surface area contributed by atoms with Gasteiger partial charge in [0.1, 0.15) is 5.57 Å². The van der Waals surface area contributed by atoms with Crippen molar-refractivity contribution in [3.8, 4) is 0 Å². The molecule has 0 saturated carbocycles. The van der Waals surface area contributed by atoms with Gasteiger partial charge in [-0.1, -0.05) is 43.3 Å². The lowest BCUT2D eigenvalue weighted by molar-refractivity contribution is -0.140. The lowest BCUT2D eigenvalue weighted by Gasteiger charge is -2.03. The van der Waals surface area contributed by atoms with Crippen LogP contribution in [-0.4, -0.2) is 22.2 Å². The molecule has 0 saturated heterocycles. The Kier molecular flexibility index (Phi) is 4.87. The van der Waals surface area contributed by atoms with Crippen molar-refractivity contribution in [1.82, 2.24) is 0 Å². The van der Waals surface area contributed by atoms with E-state index in [9.17, 15) is 9.59 Å². The molecule has 1 aromatic carbocycles. The SMILES string of the molecule is CCC(=CC=C(C(=O)O)C(=O)O)c1ccccc1. The molecule has 0 aromatic heterocycles. The molecular weight excluding hydrogens is 232 g/mol. The smallest absolute Gasteiger partial charge is 0.343 e. The molecule has 1 aromatic rings. The molecule has 2 N–H and O–H groups in total. The van der Waals surface area contributed by atoms with E-state index in [2.05, 4.69) is 0 Å². The molecule has 4 nitrogen and oxygen atoms in total. The van der Waals surface area contributed by atoms with Crippen molar-refractivity contribution >= 4 is 17.5 Å². The monoisotopic (exact) mass is 246 g/mol. The molecule has 0 amide bonds. The van der Waals surface area contributed by atoms with Gasteiger partial charge in [-0.05, 0) is 23.6 Å². The number of carboxylic acid groups (broad SMARTS) is 2. The minimum atomic E-state index is -1.44. The topological polar surface area (TPSA) is 74.6 Å². The van der Waals surface area contributed by atoms with E-state index >= 15 is 0 Å². The first kappa shape index (κ1) is 13.7. The van der Waals surface area contributed by atoms with Gasteiger partial charge >= 0.3 is 11.9 Å². The van der Waals surface area contributed by atoms with Gasteiger partial charge in [-0.15, -0.1) is 0 Å². The Morgan fingerprint density at radius 3 is 2.06 bits per heavy atom. The molecule has 0 atom stereocenters. The molecule has 0 spiro atoms. The maximum atomic E-state index is 10.7. The first-order valence-electron chi connectivity index (χ1n) is 5.49. The second-order valence-electron chi connectivity index (χ2n) is 3.60. The normalized spacial score (nSPS) is 10.8. The summed E-state index contributed by atoms with van der Waals surface area (Å²) >= 11 is 0. The highest BCUT2D eigenvalue weighted by molar-refractivity contribution is 6.12. The van der Waals surface area contributed by atoms with Gasteiger partial charge in [-0.2, -0.15) is 0 Å². The Morgan fingerprint density at radius 2 is 1.61 bits per heavy atom. The fourth-order valence-corrected chi connectivity index (χ4v) is 1.49. The summed E-state index contributed by atoms with van der Waals surface area (Å²) in [6.45, 7) is 1.92. The Hall–Kier alpha value is -2.36. The molecule has 0 bridgehead atoms. The minimum Gasteiger partial charge on any atom is -0.477 e. The standard InChI is InChI=1S/C14H14O4/c1-2-10(11-6-4-3-5-7-11)8-9-12(13(15)16)14(17)18/h3-9H,2H2,1H3,(H,15,16)(H,17,18). The molecule has 94 valence electrons. The number of hydrogen-bond acceptors (Lipinski definition) is 2. The molecule has 4 heteroatoms. The summed E-state index contributed by atoms with van der Waals surface area (Å²) in [5.74, 6) is -2.88. The van der Waals surface area contributed by atoms with Crippen LogP contribution in [0.3, 0.4) is 0 Å². The zero-order valence-corrected chi connectivity index (χ0v) is 9.96. The summed E-state index contributed by atoms with van der Waals surface area (Å²) in [6, 6.07) is 9.41. The van der Waals surface area contributed by atoms with E-state index in [1.165, 1.54) is 6.08 Å². The van der Waals surface area contributed by atoms with Crippen molar-refractivity contribution < 1.29 is 19.8 Å². The van der Waals surface area contributed by atoms with Crippen LogP contribution in [0.4, 0.5) is 0 Å². The maximum absolute atomic E-state index is 10.7. The van der Waals surface area contributed by atoms with E-state index in [0.717, 1.165) is 17.2 Å². The molecule has 0 fully saturated rings. The zero-order chi connectivity index (χ0) is 13.5. The van der Waals surface area contributed by atoms with Gasteiger partial charge in [-0.25, -0.2) is 9.59 Å². The van der Waals surface area contributed by atoms with Crippen LogP contribution in [0.2, 0.25) is 0 Å². The van der Waals surface area contributed by atoms with Crippen molar-refractivity contribution in [3.63, 3.8) is 0 Å². The van der Waals surface area contributed by atoms with Gasteiger partial charge in [0.2, 0.25) is 0 Å². The molecule has 1 rings (SSSR count). The van der Waals surface area contributed by atoms with Crippen LogP contribution in [0.5, 0.6) is 0 Å². The predicted octanol–water partition coefficient (Wildman–Crippen LogP) is 2.58. The molecule has 18 heavy (non-hydrogen) atoms. The van der Waals surface area contributed by atoms with Crippen molar-refractivity contribution in [1.29, 1.82) is 0 Å². The summed E-state index contributed by atoms with van der Waals surface area (Å²) in [7, 11) is 0. The molecule has 0 aliphatic rings. The fourth-order valence-electron chi connectivity index (χ4n) is 1.49. The first-order valence-corrected chi connectivity index (χ1v) is 5.49. The van der Waals surface area contributed by atoms with Crippen molar-refractivity contribution in [2.24, 2.45) is 0 Å². The average molecular weight is 246 g/mol. The first-order chi connectivity index (χ1) is 8.56. The zero-order valence-electron chi connectivity index (χ0n) is 9.96. The number of carboxylic acids is 2. The van der Waals surface area contributed by atoms with Crippen LogP contribution in [0, 0.1) is 0 Å². The second-order valence-corrected chi connectivity index (χ2v) is 3.60. The third kappa shape index (κ3) is 3.59. The van der Waals surface area contributed by atoms with Crippen LogP contribution in [0.15, 0.2) is 48.1 Å². The van der Waals surface area contributed by atoms with Gasteiger partial charge < -0.3 is 10.2 Å². The van der Waals surface area contributed by atoms with Gasteiger partial charge in [0, 0.05) is 0 Å². The van der Waals surface area contributed by atoms with Crippen molar-refractivity contribution in [3.05, 3.63) is 53.6 Å². The van der Waals surface area contributed by atoms with Gasteiger partial charge in [0.15, 0.2) is 0 Å². The second kappa shape index (κ2) is 6.39. The largest absolute Gasteiger partial charge is 0.477 e. The number of carbonyl (C=O) groups is 2. The highest BCUT2D eigenvalue weighted by Crippen LogP contribution is 2.17. The number of aliphatic carboxylic acids is 2. The Labute approximate surface area is 105 Å². The van der Waals surface area contributed by atoms with E-state index in [1.807, 2.05) is 37.3 Å². The fraction of sp³-hybridized carbons (Fsp3) is 0.143. The Balaban J connectivity index is 3.10. The van der Waals surface area contributed by atoms with Crippen molar-refractivity contribution in [2.45, 2.75) is 13.3 Å². The Morgan fingerprint density at radius 1 is 1.06 bits per heavy atom. The molecule has 0 heterocycles. The molecule has 0 radical (unpaired) electrons. The quantitative estimate of drug-likeness (QED) is 0.362. The molecular formula is C14H14O4. The third-order valence-corrected chi connectivity index (χ3v) is 2.44. The number of rotatable bonds is 5. The highest BCUT2D eigenvalue weighted by Gasteiger charge is 2.14. The molecule has 0 unspecified atom stereocenters. The van der Waals surface area contributed by atoms with Crippen LogP contribution < -0.4 is 0 Å². The lowest BCUT2D eigenvalue weighted by atomic mass is 10.0. The summed E-state index contributed by atoms with van der Waals surface area (Å²) in [5, 5.41) is 17.4. The highest BCUT2D eigenvalue weighted by atomic mass is 16.4. The number of hydrogen-bond donors (Lipinski definition) is 2. The minimum absolute atomic E-state index is 0.642.